The summed E-state index contributed by atoms with van der Waals surface area (Å²) < 4.78 is 17.3. The Morgan fingerprint density at radius 2 is 1.88 bits per heavy atom. The van der Waals surface area contributed by atoms with Crippen LogP contribution in [0.3, 0.4) is 0 Å². The van der Waals surface area contributed by atoms with Crippen molar-refractivity contribution in [3.8, 4) is 16.9 Å². The van der Waals surface area contributed by atoms with Gasteiger partial charge in [-0.05, 0) is 19.1 Å². The largest absolute Gasteiger partial charge is 0.421 e. The third-order valence-corrected chi connectivity index (χ3v) is 4.30. The fourth-order valence-electron chi connectivity index (χ4n) is 2.06. The van der Waals surface area contributed by atoms with Crippen LogP contribution in [0.4, 0.5) is 0 Å². The molecule has 4 heteroatoms. The lowest BCUT2D eigenvalue weighted by molar-refractivity contribution is 0.392. The van der Waals surface area contributed by atoms with E-state index in [1.54, 1.807) is 18.2 Å². The summed E-state index contributed by atoms with van der Waals surface area (Å²) in [6.07, 6.45) is 0. The van der Waals surface area contributed by atoms with Crippen LogP contribution in [-0.2, 0) is 4.57 Å². The minimum absolute atomic E-state index is 0.377. The van der Waals surface area contributed by atoms with Gasteiger partial charge in [0.25, 0.3) is 0 Å². The zero-order valence-corrected chi connectivity index (χ0v) is 10.1. The van der Waals surface area contributed by atoms with Crippen LogP contribution in [-0.4, -0.2) is 4.89 Å². The van der Waals surface area contributed by atoms with E-state index in [-0.39, 0.29) is 0 Å². The van der Waals surface area contributed by atoms with Crippen LogP contribution < -0.4 is 9.83 Å². The molecule has 86 valence electrons. The summed E-state index contributed by atoms with van der Waals surface area (Å²) in [6.45, 7) is 1.96. The van der Waals surface area contributed by atoms with Gasteiger partial charge in [0.1, 0.15) is 5.75 Å². The number of hydrogen-bond acceptors (Lipinski definition) is 2. The topological polar surface area (TPSA) is 46.5 Å². The number of fused-ring (bicyclic) bond motifs is 3. The van der Waals surface area contributed by atoms with Crippen molar-refractivity contribution in [2.75, 3.05) is 0 Å². The molecule has 1 aliphatic rings. The zero-order chi connectivity index (χ0) is 12.0. The fraction of sp³-hybridized carbons (Fsp3) is 0.0769. The highest BCUT2D eigenvalue weighted by atomic mass is 31.2. The van der Waals surface area contributed by atoms with Crippen molar-refractivity contribution in [1.29, 1.82) is 0 Å². The number of benzene rings is 2. The van der Waals surface area contributed by atoms with Crippen LogP contribution in [0.2, 0.25) is 0 Å². The third-order valence-electron chi connectivity index (χ3n) is 2.86. The maximum absolute atomic E-state index is 12.1. The summed E-state index contributed by atoms with van der Waals surface area (Å²) in [5.41, 5.74) is 2.71. The van der Waals surface area contributed by atoms with Gasteiger partial charge in [-0.3, -0.25) is 0 Å². The number of hydrogen-bond donors (Lipinski definition) is 1. The van der Waals surface area contributed by atoms with Gasteiger partial charge in [-0.25, -0.2) is 4.57 Å². The molecule has 0 aliphatic carbocycles. The highest BCUT2D eigenvalue weighted by molar-refractivity contribution is 7.62. The Morgan fingerprint density at radius 1 is 1.12 bits per heavy atom. The van der Waals surface area contributed by atoms with Gasteiger partial charge >= 0.3 is 7.60 Å². The fourth-order valence-corrected chi connectivity index (χ4v) is 3.34. The first-order valence-electron chi connectivity index (χ1n) is 5.31. The van der Waals surface area contributed by atoms with Crippen LogP contribution in [0, 0.1) is 6.92 Å². The van der Waals surface area contributed by atoms with E-state index < -0.39 is 7.60 Å². The van der Waals surface area contributed by atoms with Crippen LogP contribution in [0.25, 0.3) is 11.1 Å². The molecule has 3 rings (SSSR count). The standard InChI is InChI=1S/C13H11O3P/c1-9-6-7-13-11(8-9)10-4-2-3-5-12(10)16-17(13,14)15/h2-8H,1H3,(H,14,15). The highest BCUT2D eigenvalue weighted by Crippen LogP contribution is 2.51. The van der Waals surface area contributed by atoms with Crippen LogP contribution in [0.5, 0.6) is 5.75 Å². The molecule has 1 N–H and O–H groups in total. The Kier molecular flexibility index (Phi) is 2.15. The Labute approximate surface area is 99.2 Å². The van der Waals surface area contributed by atoms with E-state index in [0.717, 1.165) is 16.7 Å². The van der Waals surface area contributed by atoms with Crippen LogP contribution >= 0.6 is 7.60 Å². The van der Waals surface area contributed by atoms with Crippen molar-refractivity contribution in [3.63, 3.8) is 0 Å². The lowest BCUT2D eigenvalue weighted by atomic mass is 10.0. The van der Waals surface area contributed by atoms with Gasteiger partial charge in [-0.1, -0.05) is 35.9 Å². The van der Waals surface area contributed by atoms with Gasteiger partial charge in [-0.15, -0.1) is 0 Å². The molecule has 3 nitrogen and oxygen atoms in total. The molecule has 0 radical (unpaired) electrons. The Bertz CT molecular complexity index is 649. The molecular formula is C13H11O3P. The van der Waals surface area contributed by atoms with Crippen molar-refractivity contribution in [2.45, 2.75) is 6.92 Å². The smallest absolute Gasteiger partial charge is 0.408 e. The minimum atomic E-state index is -3.73. The molecule has 1 unspecified atom stereocenters. The molecule has 0 fully saturated rings. The zero-order valence-electron chi connectivity index (χ0n) is 9.25. The summed E-state index contributed by atoms with van der Waals surface area (Å²) >= 11 is 0. The normalized spacial score (nSPS) is 21.3. The van der Waals surface area contributed by atoms with Crippen molar-refractivity contribution < 1.29 is 14.0 Å². The van der Waals surface area contributed by atoms with Gasteiger partial charge in [0.15, 0.2) is 0 Å². The molecule has 0 aromatic heterocycles. The molecule has 1 heterocycles. The van der Waals surface area contributed by atoms with E-state index in [4.69, 9.17) is 4.52 Å². The van der Waals surface area contributed by atoms with Crippen LogP contribution in [0.1, 0.15) is 5.56 Å². The Morgan fingerprint density at radius 3 is 2.71 bits per heavy atom. The summed E-state index contributed by atoms with van der Waals surface area (Å²) in [6, 6.07) is 12.7. The van der Waals surface area contributed by atoms with Crippen molar-refractivity contribution in [2.24, 2.45) is 0 Å². The molecule has 0 saturated heterocycles. The summed E-state index contributed by atoms with van der Waals surface area (Å²) in [5, 5.41) is 0.377. The maximum atomic E-state index is 12.1. The molecule has 2 aromatic rings. The molecule has 0 spiro atoms. The quantitative estimate of drug-likeness (QED) is 0.727. The van der Waals surface area contributed by atoms with Crippen molar-refractivity contribution >= 4 is 12.9 Å². The van der Waals surface area contributed by atoms with E-state index >= 15 is 0 Å². The second-order valence-electron chi connectivity index (χ2n) is 4.13. The Hall–Kier alpha value is -1.57. The monoisotopic (exact) mass is 246 g/mol. The van der Waals surface area contributed by atoms with Crippen LogP contribution in [0.15, 0.2) is 42.5 Å². The lowest BCUT2D eigenvalue weighted by Gasteiger charge is -2.24. The summed E-state index contributed by atoms with van der Waals surface area (Å²) in [4.78, 5) is 9.90. The first kappa shape index (κ1) is 10.6. The maximum Gasteiger partial charge on any atom is 0.408 e. The number of rotatable bonds is 0. The second-order valence-corrected chi connectivity index (χ2v) is 5.83. The summed E-state index contributed by atoms with van der Waals surface area (Å²) in [7, 11) is -3.73. The van der Waals surface area contributed by atoms with Gasteiger partial charge in [0.2, 0.25) is 0 Å². The highest BCUT2D eigenvalue weighted by Gasteiger charge is 2.33. The number of para-hydroxylation sites is 1. The first-order chi connectivity index (χ1) is 8.08. The SMILES string of the molecule is Cc1ccc2c(c1)-c1ccccc1OP2(=O)O. The summed E-state index contributed by atoms with van der Waals surface area (Å²) in [5.74, 6) is 0.469. The molecule has 1 atom stereocenters. The number of aryl methyl sites for hydroxylation is 1. The average Bonchev–Trinajstić information content (AvgIpc) is 2.28. The Balaban J connectivity index is 2.38. The van der Waals surface area contributed by atoms with Crippen molar-refractivity contribution in [3.05, 3.63) is 48.0 Å². The van der Waals surface area contributed by atoms with Crippen molar-refractivity contribution in [1.82, 2.24) is 0 Å². The van der Waals surface area contributed by atoms with Gasteiger partial charge in [0.05, 0.1) is 5.30 Å². The van der Waals surface area contributed by atoms with E-state index in [2.05, 4.69) is 0 Å². The average molecular weight is 246 g/mol. The van der Waals surface area contributed by atoms with E-state index in [9.17, 15) is 9.46 Å². The second kappa shape index (κ2) is 3.46. The molecule has 2 aromatic carbocycles. The molecule has 0 saturated carbocycles. The molecule has 1 aliphatic heterocycles. The minimum Gasteiger partial charge on any atom is -0.421 e. The van der Waals surface area contributed by atoms with Gasteiger partial charge in [0, 0.05) is 11.1 Å². The van der Waals surface area contributed by atoms with E-state index in [1.807, 2.05) is 31.2 Å². The molecular weight excluding hydrogens is 235 g/mol. The lowest BCUT2D eigenvalue weighted by Crippen LogP contribution is -2.17. The third kappa shape index (κ3) is 1.59. The predicted octanol–water partition coefficient (Wildman–Crippen LogP) is 2.87. The molecule has 0 amide bonds. The van der Waals surface area contributed by atoms with E-state index in [1.165, 1.54) is 0 Å². The van der Waals surface area contributed by atoms with Gasteiger partial charge in [-0.2, -0.15) is 0 Å². The van der Waals surface area contributed by atoms with E-state index in [0.29, 0.717) is 11.1 Å². The first-order valence-corrected chi connectivity index (χ1v) is 6.89. The van der Waals surface area contributed by atoms with Gasteiger partial charge < -0.3 is 9.42 Å². The molecule has 17 heavy (non-hydrogen) atoms. The molecule has 0 bridgehead atoms. The predicted molar refractivity (Wildman–Crippen MR) is 66.7 cm³/mol.